The van der Waals surface area contributed by atoms with Gasteiger partial charge in [0.25, 0.3) is 0 Å². The highest BCUT2D eigenvalue weighted by Gasteiger charge is 2.40. The van der Waals surface area contributed by atoms with E-state index >= 15 is 0 Å². The fourth-order valence-corrected chi connectivity index (χ4v) is 2.19. The summed E-state index contributed by atoms with van der Waals surface area (Å²) in [5, 5.41) is 3.05. The van der Waals surface area contributed by atoms with Gasteiger partial charge in [0.15, 0.2) is 0 Å². The molecule has 1 aromatic carbocycles. The molecule has 0 bridgehead atoms. The van der Waals surface area contributed by atoms with Crippen LogP contribution in [0.2, 0.25) is 0 Å². The van der Waals surface area contributed by atoms with Crippen LogP contribution in [-0.4, -0.2) is 29.4 Å². The number of aromatic amines is 1. The predicted molar refractivity (Wildman–Crippen MR) is 75.0 cm³/mol. The lowest BCUT2D eigenvalue weighted by molar-refractivity contribution is -0.156. The lowest BCUT2D eigenvalue weighted by atomic mass is 10.0. The van der Waals surface area contributed by atoms with Gasteiger partial charge in [-0.1, -0.05) is 18.2 Å². The number of rotatable bonds is 5. The Hall–Kier alpha value is -1.56. The molecule has 0 spiro atoms. The molecular weight excluding hydrogens is 284 g/mol. The van der Waals surface area contributed by atoms with E-state index in [9.17, 15) is 17.6 Å². The van der Waals surface area contributed by atoms with Gasteiger partial charge in [-0.3, -0.25) is 0 Å². The largest absolute Gasteiger partial charge is 0.404 e. The maximum absolute atomic E-state index is 13.4. The number of H-pyrrole nitrogens is 1. The molecule has 0 aliphatic rings. The summed E-state index contributed by atoms with van der Waals surface area (Å²) in [6, 6.07) is 5.40. The van der Waals surface area contributed by atoms with E-state index in [4.69, 9.17) is 0 Å². The molecule has 0 amide bonds. The molecule has 2 nitrogen and oxygen atoms in total. The van der Waals surface area contributed by atoms with Crippen LogP contribution in [0.15, 0.2) is 30.5 Å². The van der Waals surface area contributed by atoms with Crippen molar-refractivity contribution in [2.45, 2.75) is 38.2 Å². The molecule has 0 aliphatic carbocycles. The van der Waals surface area contributed by atoms with Crippen LogP contribution in [0.4, 0.5) is 17.6 Å². The van der Waals surface area contributed by atoms with Gasteiger partial charge in [-0.05, 0) is 31.9 Å². The van der Waals surface area contributed by atoms with Crippen molar-refractivity contribution in [2.24, 2.45) is 0 Å². The first-order valence-corrected chi connectivity index (χ1v) is 6.71. The number of aromatic nitrogens is 1. The van der Waals surface area contributed by atoms with Crippen molar-refractivity contribution in [1.82, 2.24) is 10.3 Å². The van der Waals surface area contributed by atoms with E-state index in [1.54, 1.807) is 24.4 Å². The van der Waals surface area contributed by atoms with Crippen molar-refractivity contribution >= 4 is 10.9 Å². The summed E-state index contributed by atoms with van der Waals surface area (Å²) in [5.74, 6) is 0. The number of hydrogen-bond donors (Lipinski definition) is 2. The zero-order valence-corrected chi connectivity index (χ0v) is 11.9. The van der Waals surface area contributed by atoms with E-state index in [2.05, 4.69) is 10.3 Å². The molecule has 21 heavy (non-hydrogen) atoms. The minimum absolute atomic E-state index is 0.233. The van der Waals surface area contributed by atoms with Crippen molar-refractivity contribution in [3.05, 3.63) is 36.0 Å². The number of benzene rings is 1. The van der Waals surface area contributed by atoms with Gasteiger partial charge in [-0.15, -0.1) is 0 Å². The fourth-order valence-electron chi connectivity index (χ4n) is 2.19. The Kier molecular flexibility index (Phi) is 4.27. The van der Waals surface area contributed by atoms with E-state index < -0.39 is 17.9 Å². The molecule has 0 saturated heterocycles. The minimum atomic E-state index is -4.43. The highest BCUT2D eigenvalue weighted by molar-refractivity contribution is 5.83. The van der Waals surface area contributed by atoms with Gasteiger partial charge in [0.2, 0.25) is 0 Å². The van der Waals surface area contributed by atoms with Crippen molar-refractivity contribution in [2.75, 3.05) is 6.54 Å². The summed E-state index contributed by atoms with van der Waals surface area (Å²) >= 11 is 0. The van der Waals surface area contributed by atoms with Crippen molar-refractivity contribution in [3.63, 3.8) is 0 Å². The molecule has 0 saturated carbocycles. The minimum Gasteiger partial charge on any atom is -0.361 e. The zero-order valence-electron chi connectivity index (χ0n) is 11.9. The Bertz CT molecular complexity index is 595. The number of halogens is 4. The third-order valence-electron chi connectivity index (χ3n) is 3.26. The normalized spacial score (nSPS) is 14.6. The van der Waals surface area contributed by atoms with Gasteiger partial charge < -0.3 is 10.3 Å². The molecule has 1 unspecified atom stereocenters. The Morgan fingerprint density at radius 3 is 2.43 bits per heavy atom. The van der Waals surface area contributed by atoms with Gasteiger partial charge in [0, 0.05) is 23.6 Å². The second-order valence-electron chi connectivity index (χ2n) is 5.76. The number of nitrogens with one attached hydrogen (secondary N) is 2. The van der Waals surface area contributed by atoms with Gasteiger partial charge in [-0.2, -0.15) is 13.2 Å². The average molecular weight is 302 g/mol. The van der Waals surface area contributed by atoms with Crippen LogP contribution in [0.1, 0.15) is 19.4 Å². The van der Waals surface area contributed by atoms with E-state index in [0.29, 0.717) is 5.56 Å². The predicted octanol–water partition coefficient (Wildman–Crippen LogP) is 3.98. The van der Waals surface area contributed by atoms with Crippen LogP contribution in [0, 0.1) is 0 Å². The van der Waals surface area contributed by atoms with Gasteiger partial charge in [-0.25, -0.2) is 4.39 Å². The first kappa shape index (κ1) is 15.8. The maximum Gasteiger partial charge on any atom is 0.404 e. The summed E-state index contributed by atoms with van der Waals surface area (Å²) in [4.78, 5) is 2.95. The first-order valence-electron chi connectivity index (χ1n) is 6.71. The van der Waals surface area contributed by atoms with Crippen LogP contribution in [0.25, 0.3) is 10.9 Å². The van der Waals surface area contributed by atoms with Crippen LogP contribution in [0.5, 0.6) is 0 Å². The number of para-hydroxylation sites is 1. The van der Waals surface area contributed by atoms with E-state index in [1.165, 1.54) is 13.8 Å². The third-order valence-corrected chi connectivity index (χ3v) is 3.26. The first-order chi connectivity index (χ1) is 9.67. The summed E-state index contributed by atoms with van der Waals surface area (Å²) in [7, 11) is 0. The van der Waals surface area contributed by atoms with Gasteiger partial charge in [0.05, 0.1) is 0 Å². The Balaban J connectivity index is 2.19. The number of hydrogen-bond acceptors (Lipinski definition) is 1. The van der Waals surface area contributed by atoms with Gasteiger partial charge >= 0.3 is 6.18 Å². The maximum atomic E-state index is 13.4. The Labute approximate surface area is 120 Å². The summed E-state index contributed by atoms with van der Waals surface area (Å²) in [5.41, 5.74) is -0.333. The summed E-state index contributed by atoms with van der Waals surface area (Å²) in [6.07, 6.45) is -3.08. The SMILES string of the molecule is CC(C)(F)CNC(Cc1c[nH]c2ccccc12)C(F)(F)F. The van der Waals surface area contributed by atoms with Crippen LogP contribution in [0.3, 0.4) is 0 Å². The average Bonchev–Trinajstić information content (AvgIpc) is 2.75. The third kappa shape index (κ3) is 4.20. The second-order valence-corrected chi connectivity index (χ2v) is 5.76. The van der Waals surface area contributed by atoms with Gasteiger partial charge in [0.1, 0.15) is 11.7 Å². The Morgan fingerprint density at radius 1 is 1.14 bits per heavy atom. The van der Waals surface area contributed by atoms with Crippen molar-refractivity contribution in [3.8, 4) is 0 Å². The summed E-state index contributed by atoms with van der Waals surface area (Å²) < 4.78 is 52.7. The highest BCUT2D eigenvalue weighted by atomic mass is 19.4. The molecule has 2 rings (SSSR count). The number of alkyl halides is 4. The van der Waals surface area contributed by atoms with E-state index in [-0.39, 0.29) is 13.0 Å². The second kappa shape index (κ2) is 5.67. The summed E-state index contributed by atoms with van der Waals surface area (Å²) in [6.45, 7) is 2.15. The molecule has 0 radical (unpaired) electrons. The van der Waals surface area contributed by atoms with Crippen LogP contribution in [-0.2, 0) is 6.42 Å². The smallest absolute Gasteiger partial charge is 0.361 e. The molecule has 2 aromatic rings. The van der Waals surface area contributed by atoms with E-state index in [0.717, 1.165) is 10.9 Å². The molecular formula is C15H18F4N2. The number of fused-ring (bicyclic) bond motifs is 1. The highest BCUT2D eigenvalue weighted by Crippen LogP contribution is 2.27. The monoisotopic (exact) mass is 302 g/mol. The Morgan fingerprint density at radius 2 is 1.81 bits per heavy atom. The van der Waals surface area contributed by atoms with E-state index in [1.807, 2.05) is 6.07 Å². The molecule has 1 aromatic heterocycles. The molecule has 6 heteroatoms. The lowest BCUT2D eigenvalue weighted by Crippen LogP contribution is -2.47. The fraction of sp³-hybridized carbons (Fsp3) is 0.467. The van der Waals surface area contributed by atoms with Crippen LogP contribution >= 0.6 is 0 Å². The molecule has 1 atom stereocenters. The quantitative estimate of drug-likeness (QED) is 0.803. The van der Waals surface area contributed by atoms with Crippen molar-refractivity contribution < 1.29 is 17.6 Å². The zero-order chi connectivity index (χ0) is 15.7. The topological polar surface area (TPSA) is 27.8 Å². The van der Waals surface area contributed by atoms with Crippen molar-refractivity contribution in [1.29, 1.82) is 0 Å². The molecule has 2 N–H and O–H groups in total. The molecule has 0 fully saturated rings. The lowest BCUT2D eigenvalue weighted by Gasteiger charge is -2.24. The standard InChI is InChI=1S/C15H18F4N2/c1-14(2,16)9-21-13(15(17,18)19)7-10-8-20-12-6-4-3-5-11(10)12/h3-6,8,13,20-21H,7,9H2,1-2H3. The molecule has 116 valence electrons. The van der Waals surface area contributed by atoms with Crippen LogP contribution < -0.4 is 5.32 Å². The molecule has 1 heterocycles. The molecule has 0 aliphatic heterocycles.